The van der Waals surface area contributed by atoms with Crippen molar-refractivity contribution in [1.82, 2.24) is 20.6 Å². The van der Waals surface area contributed by atoms with Crippen LogP contribution in [0.3, 0.4) is 0 Å². The van der Waals surface area contributed by atoms with E-state index in [4.69, 9.17) is 4.74 Å². The van der Waals surface area contributed by atoms with E-state index in [0.29, 0.717) is 28.4 Å². The number of nitrogens with one attached hydrogen (secondary N) is 3. The smallest absolute Gasteiger partial charge is 0.273 e. The number of hydrazine groups is 1. The summed E-state index contributed by atoms with van der Waals surface area (Å²) in [6.45, 7) is 3.78. The fourth-order valence-electron chi connectivity index (χ4n) is 3.08. The minimum absolute atomic E-state index is 0.0452. The molecule has 0 radical (unpaired) electrons. The van der Waals surface area contributed by atoms with Crippen molar-refractivity contribution in [3.05, 3.63) is 71.8 Å². The number of benzene rings is 2. The Morgan fingerprint density at radius 1 is 1.10 bits per heavy atom. The summed E-state index contributed by atoms with van der Waals surface area (Å²) in [6.07, 6.45) is 1.42. The Morgan fingerprint density at radius 3 is 2.48 bits per heavy atom. The van der Waals surface area contributed by atoms with Crippen LogP contribution in [0.1, 0.15) is 35.8 Å². The molecule has 162 valence electrons. The number of nitrogens with zero attached hydrogens (tertiary/aromatic N) is 2. The highest BCUT2D eigenvalue weighted by molar-refractivity contribution is 5.96. The van der Waals surface area contributed by atoms with E-state index in [9.17, 15) is 14.0 Å². The SMILES string of the molecule is COc1ccccc1NCC(=O)NNC(=O)c1cnn(-c2ccc(F)cc2)c1C(C)C. The van der Waals surface area contributed by atoms with Crippen molar-refractivity contribution >= 4 is 17.5 Å². The van der Waals surface area contributed by atoms with Crippen molar-refractivity contribution in [3.8, 4) is 11.4 Å². The molecule has 3 aromatic rings. The average Bonchev–Trinajstić information content (AvgIpc) is 3.22. The molecule has 0 bridgehead atoms. The number of amides is 2. The van der Waals surface area contributed by atoms with E-state index in [1.54, 1.807) is 36.1 Å². The first-order valence-corrected chi connectivity index (χ1v) is 9.70. The van der Waals surface area contributed by atoms with Crippen LogP contribution in [0.4, 0.5) is 10.1 Å². The lowest BCUT2D eigenvalue weighted by atomic mass is 10.1. The van der Waals surface area contributed by atoms with E-state index < -0.39 is 11.8 Å². The fourth-order valence-corrected chi connectivity index (χ4v) is 3.08. The van der Waals surface area contributed by atoms with Crippen LogP contribution in [0.2, 0.25) is 0 Å². The molecule has 0 spiro atoms. The van der Waals surface area contributed by atoms with Gasteiger partial charge in [0.2, 0.25) is 0 Å². The molecule has 1 aromatic heterocycles. The third kappa shape index (κ3) is 5.19. The van der Waals surface area contributed by atoms with Gasteiger partial charge in [0.25, 0.3) is 11.8 Å². The van der Waals surface area contributed by atoms with Crippen LogP contribution in [0.15, 0.2) is 54.7 Å². The minimum Gasteiger partial charge on any atom is -0.495 e. The van der Waals surface area contributed by atoms with Crippen molar-refractivity contribution in [2.24, 2.45) is 0 Å². The van der Waals surface area contributed by atoms with Gasteiger partial charge in [-0.15, -0.1) is 0 Å². The molecule has 3 N–H and O–H groups in total. The van der Waals surface area contributed by atoms with Gasteiger partial charge in [0, 0.05) is 0 Å². The summed E-state index contributed by atoms with van der Waals surface area (Å²) in [5.74, 6) is -0.728. The number of anilines is 1. The Labute approximate surface area is 179 Å². The molecule has 8 nitrogen and oxygen atoms in total. The summed E-state index contributed by atoms with van der Waals surface area (Å²) < 4.78 is 20.0. The van der Waals surface area contributed by atoms with Crippen LogP contribution in [-0.2, 0) is 4.79 Å². The second-order valence-electron chi connectivity index (χ2n) is 7.04. The highest BCUT2D eigenvalue weighted by Gasteiger charge is 2.21. The summed E-state index contributed by atoms with van der Waals surface area (Å²) in [5, 5.41) is 7.23. The average molecular weight is 425 g/mol. The molecule has 3 rings (SSSR count). The van der Waals surface area contributed by atoms with Crippen LogP contribution >= 0.6 is 0 Å². The minimum atomic E-state index is -0.497. The fraction of sp³-hybridized carbons (Fsp3) is 0.227. The number of aromatic nitrogens is 2. The molecule has 0 aliphatic rings. The first-order valence-electron chi connectivity index (χ1n) is 9.70. The van der Waals surface area contributed by atoms with E-state index >= 15 is 0 Å². The number of carbonyl (C=O) groups excluding carboxylic acids is 2. The predicted octanol–water partition coefficient (Wildman–Crippen LogP) is 3.02. The monoisotopic (exact) mass is 425 g/mol. The topological polar surface area (TPSA) is 97.3 Å². The molecule has 2 aromatic carbocycles. The number of ether oxygens (including phenoxy) is 1. The molecule has 9 heteroatoms. The maximum atomic E-state index is 13.2. The summed E-state index contributed by atoms with van der Waals surface area (Å²) in [5.41, 5.74) is 7.05. The highest BCUT2D eigenvalue weighted by Crippen LogP contribution is 2.24. The number of carbonyl (C=O) groups is 2. The van der Waals surface area contributed by atoms with Gasteiger partial charge in [-0.3, -0.25) is 20.4 Å². The lowest BCUT2D eigenvalue weighted by molar-refractivity contribution is -0.120. The zero-order valence-corrected chi connectivity index (χ0v) is 17.5. The van der Waals surface area contributed by atoms with Crippen LogP contribution in [0.25, 0.3) is 5.69 Å². The van der Waals surface area contributed by atoms with Gasteiger partial charge in [-0.25, -0.2) is 9.07 Å². The Balaban J connectivity index is 1.65. The predicted molar refractivity (Wildman–Crippen MR) is 115 cm³/mol. The maximum Gasteiger partial charge on any atom is 0.273 e. The van der Waals surface area contributed by atoms with Crippen LogP contribution < -0.4 is 20.9 Å². The molecule has 0 unspecified atom stereocenters. The van der Waals surface area contributed by atoms with Crippen LogP contribution in [0, 0.1) is 5.82 Å². The van der Waals surface area contributed by atoms with Gasteiger partial charge >= 0.3 is 0 Å². The van der Waals surface area contributed by atoms with E-state index in [1.165, 1.54) is 18.3 Å². The Kier molecular flexibility index (Phi) is 6.86. The standard InChI is InChI=1S/C22H24FN5O3/c1-14(2)21-17(12-25-28(21)16-10-8-15(23)9-11-16)22(30)27-26-20(29)13-24-18-6-4-5-7-19(18)31-3/h4-12,14,24H,13H2,1-3H3,(H,26,29)(H,27,30). The number of rotatable bonds is 7. The van der Waals surface area contributed by atoms with Gasteiger partial charge < -0.3 is 10.1 Å². The molecular weight excluding hydrogens is 401 g/mol. The quantitative estimate of drug-likeness (QED) is 0.506. The molecule has 31 heavy (non-hydrogen) atoms. The highest BCUT2D eigenvalue weighted by atomic mass is 19.1. The molecule has 0 aliphatic carbocycles. The molecule has 0 saturated heterocycles. The largest absolute Gasteiger partial charge is 0.495 e. The molecule has 1 heterocycles. The van der Waals surface area contributed by atoms with Crippen molar-refractivity contribution in [1.29, 1.82) is 0 Å². The molecule has 0 saturated carbocycles. The zero-order chi connectivity index (χ0) is 22.4. The summed E-state index contributed by atoms with van der Waals surface area (Å²) in [4.78, 5) is 24.8. The van der Waals surface area contributed by atoms with E-state index in [0.717, 1.165) is 0 Å². The lowest BCUT2D eigenvalue weighted by Gasteiger charge is -2.14. The number of hydrogen-bond donors (Lipinski definition) is 3. The van der Waals surface area contributed by atoms with Gasteiger partial charge in [0.1, 0.15) is 11.6 Å². The molecule has 2 amide bonds. The first-order chi connectivity index (χ1) is 14.9. The number of methoxy groups -OCH3 is 1. The molecule has 0 fully saturated rings. The normalized spacial score (nSPS) is 10.6. The number of halogens is 1. The third-order valence-corrected chi connectivity index (χ3v) is 4.53. The number of para-hydroxylation sites is 2. The third-order valence-electron chi connectivity index (χ3n) is 4.53. The van der Waals surface area contributed by atoms with Crippen molar-refractivity contribution in [3.63, 3.8) is 0 Å². The summed E-state index contributed by atoms with van der Waals surface area (Å²) in [7, 11) is 1.54. The van der Waals surface area contributed by atoms with Crippen molar-refractivity contribution in [2.45, 2.75) is 19.8 Å². The van der Waals surface area contributed by atoms with Gasteiger partial charge in [-0.1, -0.05) is 26.0 Å². The summed E-state index contributed by atoms with van der Waals surface area (Å²) >= 11 is 0. The maximum absolute atomic E-state index is 13.2. The number of hydrogen-bond acceptors (Lipinski definition) is 5. The lowest BCUT2D eigenvalue weighted by Crippen LogP contribution is -2.44. The van der Waals surface area contributed by atoms with Crippen LogP contribution in [0.5, 0.6) is 5.75 Å². The van der Waals surface area contributed by atoms with E-state index in [-0.39, 0.29) is 18.3 Å². The van der Waals surface area contributed by atoms with Crippen molar-refractivity contribution in [2.75, 3.05) is 19.0 Å². The van der Waals surface area contributed by atoms with Gasteiger partial charge in [0.15, 0.2) is 0 Å². The summed E-state index contributed by atoms with van der Waals surface area (Å²) in [6, 6.07) is 13.0. The molecule has 0 atom stereocenters. The zero-order valence-electron chi connectivity index (χ0n) is 17.5. The van der Waals surface area contributed by atoms with Crippen molar-refractivity contribution < 1.29 is 18.7 Å². The van der Waals surface area contributed by atoms with Crippen LogP contribution in [-0.4, -0.2) is 35.2 Å². The van der Waals surface area contributed by atoms with E-state index in [1.807, 2.05) is 26.0 Å². The van der Waals surface area contributed by atoms with E-state index in [2.05, 4.69) is 21.3 Å². The Bertz CT molecular complexity index is 1060. The molecule has 0 aliphatic heterocycles. The Hall–Kier alpha value is -3.88. The second-order valence-corrected chi connectivity index (χ2v) is 7.04. The Morgan fingerprint density at radius 2 is 1.81 bits per heavy atom. The first kappa shape index (κ1) is 21.8. The van der Waals surface area contributed by atoms with Gasteiger partial charge in [0.05, 0.1) is 42.5 Å². The molecular formula is C22H24FN5O3. The van der Waals surface area contributed by atoms with Gasteiger partial charge in [-0.2, -0.15) is 5.10 Å². The second kappa shape index (κ2) is 9.75. The van der Waals surface area contributed by atoms with Gasteiger partial charge in [-0.05, 0) is 42.3 Å².